The predicted octanol–water partition coefficient (Wildman–Crippen LogP) is 3.08. The molecule has 2 rings (SSSR count). The van der Waals surface area contributed by atoms with E-state index in [0.717, 1.165) is 4.47 Å². The molecule has 0 radical (unpaired) electrons. The molecule has 106 valence electrons. The lowest BCUT2D eigenvalue weighted by Gasteiger charge is -2.11. The van der Waals surface area contributed by atoms with Crippen LogP contribution in [0.25, 0.3) is 0 Å². The van der Waals surface area contributed by atoms with Crippen LogP contribution in [0.2, 0.25) is 5.02 Å². The van der Waals surface area contributed by atoms with Gasteiger partial charge in [-0.2, -0.15) is 0 Å². The Morgan fingerprint density at radius 2 is 1.85 bits per heavy atom. The van der Waals surface area contributed by atoms with Crippen LogP contribution in [0.5, 0.6) is 0 Å². The van der Waals surface area contributed by atoms with Gasteiger partial charge >= 0.3 is 0 Å². The maximum atomic E-state index is 11.3. The lowest BCUT2D eigenvalue weighted by Crippen LogP contribution is -2.14. The average Bonchev–Trinajstić information content (AvgIpc) is 2.32. The molecule has 5 nitrogen and oxygen atoms in total. The monoisotopic (exact) mass is 375 g/mol. The van der Waals surface area contributed by atoms with Crippen LogP contribution in [0, 0.1) is 0 Å². The van der Waals surface area contributed by atoms with Crippen molar-refractivity contribution in [3.05, 3.63) is 45.9 Å². The normalized spacial score (nSPS) is 11.3. The van der Waals surface area contributed by atoms with Gasteiger partial charge in [-0.3, -0.25) is 0 Å². The Morgan fingerprint density at radius 3 is 2.45 bits per heavy atom. The van der Waals surface area contributed by atoms with Gasteiger partial charge in [-0.1, -0.05) is 27.5 Å². The molecule has 0 saturated carbocycles. The number of anilines is 3. The van der Waals surface area contributed by atoms with E-state index in [1.807, 2.05) is 6.07 Å². The SMILES string of the molecule is Nc1cc(Nc2cc(Br)ccc2Cl)ccc1S(N)(=O)=O. The summed E-state index contributed by atoms with van der Waals surface area (Å²) in [5.74, 6) is 0. The second-order valence-corrected chi connectivity index (χ2v) is 6.90. The Balaban J connectivity index is 2.36. The van der Waals surface area contributed by atoms with Gasteiger partial charge in [0.25, 0.3) is 0 Å². The maximum Gasteiger partial charge on any atom is 0.240 e. The second kappa shape index (κ2) is 5.61. The molecule has 0 bridgehead atoms. The van der Waals surface area contributed by atoms with Crippen LogP contribution in [-0.4, -0.2) is 8.42 Å². The van der Waals surface area contributed by atoms with Crippen LogP contribution in [-0.2, 0) is 10.0 Å². The zero-order valence-electron chi connectivity index (χ0n) is 10.1. The summed E-state index contributed by atoms with van der Waals surface area (Å²) in [4.78, 5) is -0.108. The van der Waals surface area contributed by atoms with E-state index in [1.54, 1.807) is 18.2 Å². The smallest absolute Gasteiger partial charge is 0.240 e. The molecule has 20 heavy (non-hydrogen) atoms. The van der Waals surface area contributed by atoms with E-state index in [-0.39, 0.29) is 10.6 Å². The quantitative estimate of drug-likeness (QED) is 0.717. The summed E-state index contributed by atoms with van der Waals surface area (Å²) in [6.45, 7) is 0. The number of primary sulfonamides is 1. The third kappa shape index (κ3) is 3.43. The molecule has 0 spiro atoms. The second-order valence-electron chi connectivity index (χ2n) is 4.05. The molecule has 0 aliphatic heterocycles. The highest BCUT2D eigenvalue weighted by molar-refractivity contribution is 9.10. The minimum atomic E-state index is -3.82. The summed E-state index contributed by atoms with van der Waals surface area (Å²) < 4.78 is 23.4. The van der Waals surface area contributed by atoms with Crippen LogP contribution in [0.4, 0.5) is 17.1 Å². The number of hydrogen-bond acceptors (Lipinski definition) is 4. The first-order valence-corrected chi connectivity index (χ1v) is 8.13. The van der Waals surface area contributed by atoms with Gasteiger partial charge in [-0.15, -0.1) is 0 Å². The first-order valence-electron chi connectivity index (χ1n) is 5.42. The topological polar surface area (TPSA) is 98.2 Å². The molecular weight excluding hydrogens is 366 g/mol. The third-order valence-corrected chi connectivity index (χ3v) is 4.33. The van der Waals surface area contributed by atoms with E-state index in [1.165, 1.54) is 12.1 Å². The minimum absolute atomic E-state index is 0.0728. The number of halogens is 2. The molecule has 0 aliphatic carbocycles. The molecule has 0 fully saturated rings. The summed E-state index contributed by atoms with van der Waals surface area (Å²) in [7, 11) is -3.82. The van der Waals surface area contributed by atoms with E-state index < -0.39 is 10.0 Å². The molecular formula is C12H11BrClN3O2S. The van der Waals surface area contributed by atoms with Gasteiger partial charge in [-0.05, 0) is 36.4 Å². The van der Waals surface area contributed by atoms with Crippen molar-refractivity contribution in [2.24, 2.45) is 5.14 Å². The van der Waals surface area contributed by atoms with Crippen LogP contribution in [0.1, 0.15) is 0 Å². The first-order chi connectivity index (χ1) is 9.27. The molecule has 0 saturated heterocycles. The highest BCUT2D eigenvalue weighted by Crippen LogP contribution is 2.30. The fourth-order valence-corrected chi connectivity index (χ4v) is 2.81. The van der Waals surface area contributed by atoms with Crippen molar-refractivity contribution in [1.29, 1.82) is 0 Å². The fraction of sp³-hybridized carbons (Fsp3) is 0. The lowest BCUT2D eigenvalue weighted by molar-refractivity contribution is 0.598. The van der Waals surface area contributed by atoms with E-state index in [2.05, 4.69) is 21.2 Å². The number of nitrogens with one attached hydrogen (secondary N) is 1. The molecule has 0 aliphatic rings. The van der Waals surface area contributed by atoms with Crippen LogP contribution >= 0.6 is 27.5 Å². The van der Waals surface area contributed by atoms with E-state index in [9.17, 15) is 8.42 Å². The van der Waals surface area contributed by atoms with Gasteiger partial charge in [0, 0.05) is 10.2 Å². The Bertz CT molecular complexity index is 765. The zero-order valence-corrected chi connectivity index (χ0v) is 13.3. The number of benzene rings is 2. The molecule has 0 aromatic heterocycles. The van der Waals surface area contributed by atoms with Gasteiger partial charge in [-0.25, -0.2) is 13.6 Å². The Labute approximate surface area is 130 Å². The van der Waals surface area contributed by atoms with Gasteiger partial charge in [0.2, 0.25) is 10.0 Å². The standard InChI is InChI=1S/C12H11BrClN3O2S/c13-7-1-3-9(14)11(5-7)17-8-2-4-12(10(15)6-8)20(16,18)19/h1-6,17H,15H2,(H2,16,18,19). The van der Waals surface area contributed by atoms with Crippen molar-refractivity contribution >= 4 is 54.6 Å². The van der Waals surface area contributed by atoms with E-state index >= 15 is 0 Å². The maximum absolute atomic E-state index is 11.3. The number of nitrogen functional groups attached to an aromatic ring is 1. The summed E-state index contributed by atoms with van der Waals surface area (Å²) in [6, 6.07) is 9.73. The Hall–Kier alpha value is -1.28. The van der Waals surface area contributed by atoms with Crippen molar-refractivity contribution in [1.82, 2.24) is 0 Å². The predicted molar refractivity (Wildman–Crippen MR) is 84.7 cm³/mol. The number of rotatable bonds is 3. The Kier molecular flexibility index (Phi) is 4.24. The van der Waals surface area contributed by atoms with Gasteiger partial charge in [0.15, 0.2) is 0 Å². The first kappa shape index (κ1) is 15.1. The van der Waals surface area contributed by atoms with Gasteiger partial charge in [0.05, 0.1) is 16.4 Å². The summed E-state index contributed by atoms with van der Waals surface area (Å²) in [5.41, 5.74) is 7.04. The van der Waals surface area contributed by atoms with E-state index in [0.29, 0.717) is 16.4 Å². The van der Waals surface area contributed by atoms with Gasteiger partial charge < -0.3 is 11.1 Å². The van der Waals surface area contributed by atoms with Crippen molar-refractivity contribution < 1.29 is 8.42 Å². The van der Waals surface area contributed by atoms with Crippen LogP contribution in [0.15, 0.2) is 45.8 Å². The van der Waals surface area contributed by atoms with Crippen molar-refractivity contribution in [2.75, 3.05) is 11.1 Å². The number of hydrogen-bond donors (Lipinski definition) is 3. The molecule has 0 atom stereocenters. The van der Waals surface area contributed by atoms with E-state index in [4.69, 9.17) is 22.5 Å². The molecule has 2 aromatic rings. The average molecular weight is 377 g/mol. The molecule has 2 aromatic carbocycles. The van der Waals surface area contributed by atoms with Crippen molar-refractivity contribution in [3.63, 3.8) is 0 Å². The zero-order chi connectivity index (χ0) is 14.9. The third-order valence-electron chi connectivity index (χ3n) is 2.52. The highest BCUT2D eigenvalue weighted by Gasteiger charge is 2.12. The molecule has 0 amide bonds. The summed E-state index contributed by atoms with van der Waals surface area (Å²) >= 11 is 9.40. The van der Waals surface area contributed by atoms with Crippen LogP contribution < -0.4 is 16.2 Å². The number of sulfonamides is 1. The highest BCUT2D eigenvalue weighted by atomic mass is 79.9. The lowest BCUT2D eigenvalue weighted by atomic mass is 10.2. The largest absolute Gasteiger partial charge is 0.398 e. The molecule has 0 unspecified atom stereocenters. The van der Waals surface area contributed by atoms with Crippen LogP contribution in [0.3, 0.4) is 0 Å². The minimum Gasteiger partial charge on any atom is -0.398 e. The molecule has 0 heterocycles. The van der Waals surface area contributed by atoms with Crippen molar-refractivity contribution in [3.8, 4) is 0 Å². The number of nitrogens with two attached hydrogens (primary N) is 2. The summed E-state index contributed by atoms with van der Waals surface area (Å²) in [6.07, 6.45) is 0. The summed E-state index contributed by atoms with van der Waals surface area (Å²) in [5, 5.41) is 8.63. The molecule has 8 heteroatoms. The fourth-order valence-electron chi connectivity index (χ4n) is 1.63. The molecule has 5 N–H and O–H groups in total. The van der Waals surface area contributed by atoms with Crippen molar-refractivity contribution in [2.45, 2.75) is 4.90 Å². The van der Waals surface area contributed by atoms with Gasteiger partial charge in [0.1, 0.15) is 4.90 Å². The Morgan fingerprint density at radius 1 is 1.15 bits per heavy atom.